The van der Waals surface area contributed by atoms with Crippen LogP contribution in [-0.4, -0.2) is 11.6 Å². The third-order valence-corrected chi connectivity index (χ3v) is 3.73. The summed E-state index contributed by atoms with van der Waals surface area (Å²) in [6.45, 7) is 1.83. The lowest BCUT2D eigenvalue weighted by Gasteiger charge is -2.00. The van der Waals surface area contributed by atoms with Crippen LogP contribution in [0.15, 0.2) is 64.3 Å². The Bertz CT molecular complexity index is 687. The van der Waals surface area contributed by atoms with Crippen molar-refractivity contribution in [1.29, 1.82) is 0 Å². The van der Waals surface area contributed by atoms with Gasteiger partial charge in [-0.1, -0.05) is 30.3 Å². The largest absolute Gasteiger partial charge is 0.465 e. The minimum absolute atomic E-state index is 0.0143. The lowest BCUT2D eigenvalue weighted by molar-refractivity contribution is -0.122. The molecule has 0 saturated heterocycles. The van der Waals surface area contributed by atoms with E-state index in [2.05, 4.69) is 22.7 Å². The first-order valence-electron chi connectivity index (χ1n) is 7.35. The van der Waals surface area contributed by atoms with Gasteiger partial charge in [-0.25, -0.2) is 5.43 Å². The van der Waals surface area contributed by atoms with Crippen molar-refractivity contribution in [3.8, 4) is 0 Å². The zero-order valence-corrected chi connectivity index (χ0v) is 12.4. The lowest BCUT2D eigenvalue weighted by Crippen LogP contribution is -2.21. The van der Waals surface area contributed by atoms with E-state index in [-0.39, 0.29) is 11.8 Å². The minimum Gasteiger partial charge on any atom is -0.465 e. The Hall–Kier alpha value is -2.62. The average Bonchev–Trinajstić information content (AvgIpc) is 3.19. The number of furan rings is 1. The average molecular weight is 294 g/mol. The molecule has 0 bridgehead atoms. The summed E-state index contributed by atoms with van der Waals surface area (Å²) in [4.78, 5) is 12.1. The first kappa shape index (κ1) is 14.3. The van der Waals surface area contributed by atoms with Gasteiger partial charge < -0.3 is 4.42 Å². The fourth-order valence-corrected chi connectivity index (χ4v) is 2.41. The second-order valence-electron chi connectivity index (χ2n) is 5.44. The summed E-state index contributed by atoms with van der Waals surface area (Å²) in [5, 5.41) is 4.10. The lowest BCUT2D eigenvalue weighted by atomic mass is 10.1. The third kappa shape index (κ3) is 3.52. The molecule has 4 heteroatoms. The fraction of sp³-hybridized carbons (Fsp3) is 0.222. The van der Waals surface area contributed by atoms with E-state index >= 15 is 0 Å². The van der Waals surface area contributed by atoms with Crippen molar-refractivity contribution in [2.45, 2.75) is 19.3 Å². The molecule has 0 spiro atoms. The summed E-state index contributed by atoms with van der Waals surface area (Å²) in [5.41, 5.74) is 4.59. The van der Waals surface area contributed by atoms with E-state index in [1.165, 1.54) is 5.56 Å². The number of rotatable bonds is 5. The van der Waals surface area contributed by atoms with Crippen molar-refractivity contribution in [3.05, 3.63) is 66.1 Å². The van der Waals surface area contributed by atoms with Crippen molar-refractivity contribution in [3.63, 3.8) is 0 Å². The number of nitrogens with zero attached hydrogens (tertiary/aromatic N) is 1. The van der Waals surface area contributed by atoms with Gasteiger partial charge >= 0.3 is 0 Å². The molecule has 112 valence electrons. The van der Waals surface area contributed by atoms with Crippen LogP contribution in [0.25, 0.3) is 6.08 Å². The topological polar surface area (TPSA) is 54.6 Å². The molecule has 1 aliphatic carbocycles. The van der Waals surface area contributed by atoms with Crippen molar-refractivity contribution in [2.75, 3.05) is 0 Å². The zero-order chi connectivity index (χ0) is 15.4. The number of hydrazone groups is 1. The number of carbonyl (C=O) groups excluding carboxylic acids is 1. The van der Waals surface area contributed by atoms with Crippen molar-refractivity contribution in [1.82, 2.24) is 5.43 Å². The number of allylic oxidation sites excluding steroid dienone is 1. The van der Waals surface area contributed by atoms with Crippen LogP contribution in [0, 0.1) is 5.92 Å². The molecule has 22 heavy (non-hydrogen) atoms. The highest BCUT2D eigenvalue weighted by atomic mass is 16.3. The van der Waals surface area contributed by atoms with Crippen LogP contribution in [0.5, 0.6) is 0 Å². The Kier molecular flexibility index (Phi) is 4.19. The maximum atomic E-state index is 12.1. The molecule has 1 aliphatic rings. The van der Waals surface area contributed by atoms with Gasteiger partial charge in [-0.3, -0.25) is 4.79 Å². The quantitative estimate of drug-likeness (QED) is 0.677. The predicted octanol–water partition coefficient (Wildman–Crippen LogP) is 3.59. The molecule has 1 fully saturated rings. The van der Waals surface area contributed by atoms with Gasteiger partial charge in [0, 0.05) is 5.92 Å². The maximum absolute atomic E-state index is 12.1. The zero-order valence-electron chi connectivity index (χ0n) is 12.4. The molecule has 1 aromatic carbocycles. The summed E-state index contributed by atoms with van der Waals surface area (Å²) >= 11 is 0. The molecule has 4 nitrogen and oxygen atoms in total. The maximum Gasteiger partial charge on any atom is 0.243 e. The molecule has 1 heterocycles. The van der Waals surface area contributed by atoms with Gasteiger partial charge in [0.2, 0.25) is 5.91 Å². The first-order valence-corrected chi connectivity index (χ1v) is 7.35. The van der Waals surface area contributed by atoms with Gasteiger partial charge in [-0.15, -0.1) is 0 Å². The number of benzene rings is 1. The van der Waals surface area contributed by atoms with Crippen LogP contribution in [0.3, 0.4) is 0 Å². The Balaban J connectivity index is 1.51. The van der Waals surface area contributed by atoms with Crippen LogP contribution in [-0.2, 0) is 4.79 Å². The molecule has 2 aromatic rings. The van der Waals surface area contributed by atoms with E-state index in [9.17, 15) is 4.79 Å². The molecule has 0 radical (unpaired) electrons. The van der Waals surface area contributed by atoms with Gasteiger partial charge in [0.15, 0.2) is 0 Å². The van der Waals surface area contributed by atoms with Crippen LogP contribution in [0.4, 0.5) is 0 Å². The van der Waals surface area contributed by atoms with E-state index in [1.54, 1.807) is 12.3 Å². The smallest absolute Gasteiger partial charge is 0.243 e. The summed E-state index contributed by atoms with van der Waals surface area (Å²) < 4.78 is 5.19. The highest BCUT2D eigenvalue weighted by Gasteiger charge is 2.43. The van der Waals surface area contributed by atoms with Crippen molar-refractivity contribution in [2.24, 2.45) is 11.0 Å². The third-order valence-electron chi connectivity index (χ3n) is 3.73. The highest BCUT2D eigenvalue weighted by Crippen LogP contribution is 2.47. The summed E-state index contributed by atoms with van der Waals surface area (Å²) in [6, 6.07) is 13.8. The summed E-state index contributed by atoms with van der Waals surface area (Å²) in [5.74, 6) is 1.11. The van der Waals surface area contributed by atoms with Gasteiger partial charge in [-0.05, 0) is 49.1 Å². The van der Waals surface area contributed by atoms with Crippen LogP contribution >= 0.6 is 0 Å². The molecule has 0 unspecified atom stereocenters. The Labute approximate surface area is 129 Å². The fourth-order valence-electron chi connectivity index (χ4n) is 2.41. The monoisotopic (exact) mass is 294 g/mol. The Morgan fingerprint density at radius 3 is 2.82 bits per heavy atom. The number of amides is 1. The Morgan fingerprint density at radius 2 is 2.09 bits per heavy atom. The molecule has 1 aromatic heterocycles. The van der Waals surface area contributed by atoms with E-state index < -0.39 is 0 Å². The molecule has 1 N–H and O–H groups in total. The first-order chi connectivity index (χ1) is 10.7. The van der Waals surface area contributed by atoms with Crippen LogP contribution < -0.4 is 5.43 Å². The van der Waals surface area contributed by atoms with E-state index in [4.69, 9.17) is 4.42 Å². The molecular formula is C18H18N2O2. The van der Waals surface area contributed by atoms with Gasteiger partial charge in [0.1, 0.15) is 5.76 Å². The van der Waals surface area contributed by atoms with Crippen LogP contribution in [0.2, 0.25) is 0 Å². The second kappa shape index (κ2) is 6.43. The molecule has 2 atom stereocenters. The van der Waals surface area contributed by atoms with Crippen molar-refractivity contribution < 1.29 is 9.21 Å². The van der Waals surface area contributed by atoms with Gasteiger partial charge in [0.05, 0.1) is 12.0 Å². The van der Waals surface area contributed by atoms with E-state index in [0.717, 1.165) is 17.9 Å². The molecule has 1 saturated carbocycles. The second-order valence-corrected chi connectivity index (χ2v) is 5.44. The molecule has 0 aliphatic heterocycles. The SMILES string of the molecule is CC(/C=C\c1ccco1)=NNC(=O)[C@@H]1C[C@@H]1c1ccccc1. The van der Waals surface area contributed by atoms with E-state index in [1.807, 2.05) is 43.3 Å². The number of nitrogens with one attached hydrogen (secondary N) is 1. The normalized spacial score (nSPS) is 21.0. The molecule has 3 rings (SSSR count). The molecular weight excluding hydrogens is 276 g/mol. The summed E-state index contributed by atoms with van der Waals surface area (Å²) in [6.07, 6.45) is 6.13. The number of carbonyl (C=O) groups is 1. The predicted molar refractivity (Wildman–Crippen MR) is 86.3 cm³/mol. The number of hydrogen-bond donors (Lipinski definition) is 1. The number of hydrogen-bond acceptors (Lipinski definition) is 3. The van der Waals surface area contributed by atoms with E-state index in [0.29, 0.717) is 5.92 Å². The highest BCUT2D eigenvalue weighted by molar-refractivity contribution is 5.97. The minimum atomic E-state index is -0.0143. The molecule has 1 amide bonds. The summed E-state index contributed by atoms with van der Waals surface area (Å²) in [7, 11) is 0. The van der Waals surface area contributed by atoms with Gasteiger partial charge in [0.25, 0.3) is 0 Å². The van der Waals surface area contributed by atoms with Crippen LogP contribution in [0.1, 0.15) is 30.6 Å². The van der Waals surface area contributed by atoms with Gasteiger partial charge in [-0.2, -0.15) is 5.10 Å². The standard InChI is InChI=1S/C18H18N2O2/c1-13(9-10-15-8-5-11-22-15)19-20-18(21)17-12-16(17)14-6-3-2-4-7-14/h2-11,16-17H,12H2,1H3,(H,20,21)/b10-9-,19-13?/t16-,17-/m1/s1. The van der Waals surface area contributed by atoms with Crippen molar-refractivity contribution >= 4 is 17.7 Å². The Morgan fingerprint density at radius 1 is 1.27 bits per heavy atom.